The van der Waals surface area contributed by atoms with Gasteiger partial charge in [0.1, 0.15) is 0 Å². The van der Waals surface area contributed by atoms with Crippen molar-refractivity contribution >= 4 is 11.8 Å². The quantitative estimate of drug-likeness (QED) is 0.699. The molecule has 0 saturated heterocycles. The maximum atomic E-state index is 10.2. The van der Waals surface area contributed by atoms with E-state index in [4.69, 9.17) is 5.11 Å². The van der Waals surface area contributed by atoms with E-state index in [-0.39, 0.29) is 0 Å². The first-order valence-electron chi connectivity index (χ1n) is 4.26. The molecule has 1 rings (SSSR count). The largest absolute Gasteiger partial charge is 0.465 e. The van der Waals surface area contributed by atoms with Crippen molar-refractivity contribution in [2.24, 2.45) is 0 Å². The summed E-state index contributed by atoms with van der Waals surface area (Å²) in [7, 11) is 0. The minimum Gasteiger partial charge on any atom is -0.465 e. The monoisotopic (exact) mass is 181 g/mol. The summed E-state index contributed by atoms with van der Waals surface area (Å²) in [5.41, 5.74) is 1.56. The van der Waals surface area contributed by atoms with Crippen molar-refractivity contribution in [1.82, 2.24) is 0 Å². The predicted molar refractivity (Wildman–Crippen MR) is 54.2 cm³/mol. The molecule has 0 aliphatic carbocycles. The average Bonchev–Trinajstić information content (AvgIpc) is 2.12. The Labute approximate surface area is 78.4 Å². The van der Waals surface area contributed by atoms with Crippen molar-refractivity contribution in [1.29, 1.82) is 0 Å². The zero-order valence-electron chi connectivity index (χ0n) is 8.16. The Morgan fingerprint density at radius 2 is 1.85 bits per heavy atom. The van der Waals surface area contributed by atoms with Gasteiger partial charge in [0.05, 0.1) is 0 Å². The Morgan fingerprint density at radius 1 is 1.31 bits per heavy atom. The minimum atomic E-state index is -1.03. The van der Waals surface area contributed by atoms with E-state index in [1.165, 1.54) is 0 Å². The fraction of sp³-hybridized carbons (Fsp3) is 0.300. The molecule has 0 heterocycles. The van der Waals surface area contributed by atoms with Crippen LogP contribution in [0.2, 0.25) is 0 Å². The third-order valence-electron chi connectivity index (χ3n) is 1.39. The first-order chi connectivity index (χ1) is 6.20. The number of anilines is 1. The Hall–Kier alpha value is -1.51. The first kappa shape index (κ1) is 11.5. The molecule has 1 aromatic rings. The van der Waals surface area contributed by atoms with E-state index in [0.29, 0.717) is 5.69 Å². The van der Waals surface area contributed by atoms with Crippen LogP contribution in [0.4, 0.5) is 10.5 Å². The molecule has 0 aromatic heterocycles. The van der Waals surface area contributed by atoms with Crippen LogP contribution in [0.25, 0.3) is 0 Å². The zero-order chi connectivity index (χ0) is 10.3. The molecule has 0 bridgehead atoms. The third-order valence-corrected chi connectivity index (χ3v) is 1.39. The molecule has 13 heavy (non-hydrogen) atoms. The highest BCUT2D eigenvalue weighted by atomic mass is 16.4. The van der Waals surface area contributed by atoms with Gasteiger partial charge in [-0.2, -0.15) is 0 Å². The van der Waals surface area contributed by atoms with Gasteiger partial charge in [-0.05, 0) is 18.6 Å². The number of carboxylic acid groups (broad SMARTS) is 1. The van der Waals surface area contributed by atoms with Crippen molar-refractivity contribution in [2.75, 3.05) is 5.32 Å². The van der Waals surface area contributed by atoms with Crippen molar-refractivity contribution in [3.63, 3.8) is 0 Å². The second kappa shape index (κ2) is 6.06. The van der Waals surface area contributed by atoms with Gasteiger partial charge in [-0.3, -0.25) is 5.32 Å². The molecule has 2 N–H and O–H groups in total. The number of aryl methyl sites for hydroxylation is 1. The van der Waals surface area contributed by atoms with Crippen molar-refractivity contribution in [3.8, 4) is 0 Å². The summed E-state index contributed by atoms with van der Waals surface area (Å²) in [4.78, 5) is 10.2. The van der Waals surface area contributed by atoms with Crippen LogP contribution < -0.4 is 5.32 Å². The van der Waals surface area contributed by atoms with Crippen LogP contribution >= 0.6 is 0 Å². The lowest BCUT2D eigenvalue weighted by molar-refractivity contribution is 0.209. The van der Waals surface area contributed by atoms with Crippen LogP contribution in [0.3, 0.4) is 0 Å². The van der Waals surface area contributed by atoms with Crippen LogP contribution in [0.5, 0.6) is 0 Å². The Bertz CT molecular complexity index is 271. The predicted octanol–water partition coefficient (Wildman–Crippen LogP) is 3.11. The van der Waals surface area contributed by atoms with E-state index in [9.17, 15) is 4.79 Å². The maximum absolute atomic E-state index is 10.2. The Kier molecular flexibility index (Phi) is 5.35. The zero-order valence-corrected chi connectivity index (χ0v) is 8.16. The smallest absolute Gasteiger partial charge is 0.409 e. The molecule has 3 nitrogen and oxygen atoms in total. The molecule has 0 saturated carbocycles. The molecule has 0 fully saturated rings. The number of benzene rings is 1. The van der Waals surface area contributed by atoms with Crippen molar-refractivity contribution in [3.05, 3.63) is 29.8 Å². The Balaban J connectivity index is 0.000000671. The van der Waals surface area contributed by atoms with Gasteiger partial charge in [-0.1, -0.05) is 32.0 Å². The maximum Gasteiger partial charge on any atom is 0.409 e. The summed E-state index contributed by atoms with van der Waals surface area (Å²) in [6.45, 7) is 5.85. The topological polar surface area (TPSA) is 49.3 Å². The standard InChI is InChI=1S/C8H9NO2.C2H6/c1-6-4-2-3-5-7(6)9-8(10)11;1-2/h2-5,9H,1H3,(H,10,11);1-2H3. The molecule has 0 aliphatic heterocycles. The highest BCUT2D eigenvalue weighted by Crippen LogP contribution is 2.12. The molecule has 0 radical (unpaired) electrons. The van der Waals surface area contributed by atoms with E-state index in [1.807, 2.05) is 32.9 Å². The second-order valence-corrected chi connectivity index (χ2v) is 2.25. The summed E-state index contributed by atoms with van der Waals surface area (Å²) in [6, 6.07) is 7.23. The van der Waals surface area contributed by atoms with E-state index in [0.717, 1.165) is 5.56 Å². The number of hydrogen-bond donors (Lipinski definition) is 2. The van der Waals surface area contributed by atoms with Gasteiger partial charge >= 0.3 is 6.09 Å². The lowest BCUT2D eigenvalue weighted by Crippen LogP contribution is -2.07. The van der Waals surface area contributed by atoms with Crippen molar-refractivity contribution in [2.45, 2.75) is 20.8 Å². The van der Waals surface area contributed by atoms with Gasteiger partial charge in [0.2, 0.25) is 0 Å². The number of rotatable bonds is 1. The van der Waals surface area contributed by atoms with Gasteiger partial charge in [0.25, 0.3) is 0 Å². The molecule has 0 unspecified atom stereocenters. The van der Waals surface area contributed by atoms with Gasteiger partial charge in [-0.15, -0.1) is 0 Å². The fourth-order valence-electron chi connectivity index (χ4n) is 0.828. The van der Waals surface area contributed by atoms with Gasteiger partial charge in [0.15, 0.2) is 0 Å². The van der Waals surface area contributed by atoms with E-state index in [1.54, 1.807) is 12.1 Å². The van der Waals surface area contributed by atoms with Crippen LogP contribution in [-0.4, -0.2) is 11.2 Å². The number of amides is 1. The summed E-state index contributed by atoms with van der Waals surface area (Å²) in [5, 5.41) is 10.7. The number of nitrogens with one attached hydrogen (secondary N) is 1. The number of para-hydroxylation sites is 1. The fourth-order valence-corrected chi connectivity index (χ4v) is 0.828. The molecule has 3 heteroatoms. The van der Waals surface area contributed by atoms with E-state index in [2.05, 4.69) is 5.32 Å². The number of carbonyl (C=O) groups is 1. The molecule has 1 aromatic carbocycles. The molecule has 0 aliphatic rings. The molecular formula is C10H15NO2. The molecular weight excluding hydrogens is 166 g/mol. The molecule has 0 atom stereocenters. The molecule has 72 valence electrons. The lowest BCUT2D eigenvalue weighted by Gasteiger charge is -2.02. The second-order valence-electron chi connectivity index (χ2n) is 2.25. The van der Waals surface area contributed by atoms with Crippen LogP contribution in [0.1, 0.15) is 19.4 Å². The van der Waals surface area contributed by atoms with Gasteiger partial charge in [-0.25, -0.2) is 4.79 Å². The third kappa shape index (κ3) is 4.15. The van der Waals surface area contributed by atoms with Crippen LogP contribution in [-0.2, 0) is 0 Å². The first-order valence-corrected chi connectivity index (χ1v) is 4.26. The van der Waals surface area contributed by atoms with Crippen LogP contribution in [0, 0.1) is 6.92 Å². The van der Waals surface area contributed by atoms with Gasteiger partial charge in [0, 0.05) is 5.69 Å². The highest BCUT2D eigenvalue weighted by molar-refractivity contribution is 5.83. The molecule has 0 spiro atoms. The summed E-state index contributed by atoms with van der Waals surface area (Å²) in [6.07, 6.45) is -1.03. The van der Waals surface area contributed by atoms with Gasteiger partial charge < -0.3 is 5.11 Å². The van der Waals surface area contributed by atoms with Crippen LogP contribution in [0.15, 0.2) is 24.3 Å². The lowest BCUT2D eigenvalue weighted by atomic mass is 10.2. The van der Waals surface area contributed by atoms with E-state index >= 15 is 0 Å². The highest BCUT2D eigenvalue weighted by Gasteiger charge is 1.98. The summed E-state index contributed by atoms with van der Waals surface area (Å²) >= 11 is 0. The van der Waals surface area contributed by atoms with E-state index < -0.39 is 6.09 Å². The summed E-state index contributed by atoms with van der Waals surface area (Å²) < 4.78 is 0. The minimum absolute atomic E-state index is 0.639. The SMILES string of the molecule is CC.Cc1ccccc1NC(=O)O. The normalized spacial score (nSPS) is 8.23. The Morgan fingerprint density at radius 3 is 2.31 bits per heavy atom. The average molecular weight is 181 g/mol. The van der Waals surface area contributed by atoms with Crippen molar-refractivity contribution < 1.29 is 9.90 Å². The summed E-state index contributed by atoms with van der Waals surface area (Å²) in [5.74, 6) is 0. The molecule has 1 amide bonds. The number of hydrogen-bond acceptors (Lipinski definition) is 1.